The average Bonchev–Trinajstić information content (AvgIpc) is 2.29. The summed E-state index contributed by atoms with van der Waals surface area (Å²) in [4.78, 5) is 15.3. The van der Waals surface area contributed by atoms with E-state index in [2.05, 4.69) is 25.8 Å². The van der Waals surface area contributed by atoms with Crippen molar-refractivity contribution in [3.05, 3.63) is 0 Å². The van der Waals surface area contributed by atoms with Crippen molar-refractivity contribution in [1.82, 2.24) is 0 Å². The number of hydrogen-bond donors (Lipinski definition) is 0. The van der Waals surface area contributed by atoms with Crippen LogP contribution in [0.3, 0.4) is 0 Å². The molecule has 3 heteroatoms. The third-order valence-corrected chi connectivity index (χ3v) is 3.80. The molecule has 0 rings (SSSR count). The Bertz CT molecular complexity index is 270. The minimum atomic E-state index is -0.504. The topological polar surface area (TPSA) is 38.7 Å². The van der Waals surface area contributed by atoms with Gasteiger partial charge in [0.25, 0.3) is 0 Å². The summed E-state index contributed by atoms with van der Waals surface area (Å²) in [5, 5.41) is 0. The number of aliphatic imine (C=N–C) groups is 1. The summed E-state index contributed by atoms with van der Waals surface area (Å²) in [5.41, 5.74) is -0.120. The van der Waals surface area contributed by atoms with Crippen LogP contribution in [0.5, 0.6) is 0 Å². The van der Waals surface area contributed by atoms with E-state index in [0.717, 1.165) is 6.42 Å². The molecule has 0 saturated heterocycles. The summed E-state index contributed by atoms with van der Waals surface area (Å²) in [6.45, 7) is 12.5. The van der Waals surface area contributed by atoms with E-state index in [4.69, 9.17) is 4.74 Å². The molecule has 0 aliphatic heterocycles. The van der Waals surface area contributed by atoms with Gasteiger partial charge in [-0.3, -0.25) is 9.79 Å². The molecule has 0 heterocycles. The quantitative estimate of drug-likeness (QED) is 0.485. The van der Waals surface area contributed by atoms with Gasteiger partial charge in [0.15, 0.2) is 0 Å². The number of hydrogen-bond acceptors (Lipinski definition) is 3. The Morgan fingerprint density at radius 3 is 2.06 bits per heavy atom. The van der Waals surface area contributed by atoms with E-state index in [0.29, 0.717) is 12.0 Å². The van der Waals surface area contributed by atoms with Gasteiger partial charge in [-0.15, -0.1) is 0 Å². The van der Waals surface area contributed by atoms with Crippen molar-refractivity contribution in [3.8, 4) is 0 Å². The largest absolute Gasteiger partial charge is 0.458 e. The first-order chi connectivity index (χ1) is 8.31. The van der Waals surface area contributed by atoms with Crippen LogP contribution in [-0.2, 0) is 9.53 Å². The van der Waals surface area contributed by atoms with Crippen molar-refractivity contribution in [3.63, 3.8) is 0 Å². The van der Waals surface area contributed by atoms with Gasteiger partial charge in [-0.05, 0) is 31.9 Å². The standard InChI is InChI=1S/C15H29NO2/c1-7-15(8-2,9-3)10-11-16-12-14(5,6)18-13(4)17/h11H,7-10,12H2,1-6H3. The van der Waals surface area contributed by atoms with Crippen LogP contribution in [0.1, 0.15) is 67.2 Å². The fourth-order valence-corrected chi connectivity index (χ4v) is 2.15. The van der Waals surface area contributed by atoms with Crippen LogP contribution in [0.15, 0.2) is 4.99 Å². The molecule has 106 valence electrons. The Kier molecular flexibility index (Phi) is 7.19. The van der Waals surface area contributed by atoms with Gasteiger partial charge in [0.1, 0.15) is 5.60 Å². The first-order valence-corrected chi connectivity index (χ1v) is 6.98. The molecular formula is C15H29NO2. The van der Waals surface area contributed by atoms with Crippen LogP contribution in [0.4, 0.5) is 0 Å². The van der Waals surface area contributed by atoms with Gasteiger partial charge in [-0.25, -0.2) is 0 Å². The van der Waals surface area contributed by atoms with Crippen LogP contribution >= 0.6 is 0 Å². The third-order valence-electron chi connectivity index (χ3n) is 3.80. The summed E-state index contributed by atoms with van der Waals surface area (Å²) in [6.07, 6.45) is 6.55. The molecule has 18 heavy (non-hydrogen) atoms. The summed E-state index contributed by atoms with van der Waals surface area (Å²) in [7, 11) is 0. The molecule has 0 amide bonds. The molecule has 0 aromatic heterocycles. The van der Waals surface area contributed by atoms with Crippen LogP contribution < -0.4 is 0 Å². The maximum absolute atomic E-state index is 10.9. The normalized spacial score (nSPS) is 13.0. The molecule has 0 aliphatic rings. The van der Waals surface area contributed by atoms with Crippen molar-refractivity contribution < 1.29 is 9.53 Å². The van der Waals surface area contributed by atoms with E-state index in [9.17, 15) is 4.79 Å². The second-order valence-electron chi connectivity index (χ2n) is 5.64. The number of ether oxygens (including phenoxy) is 1. The van der Waals surface area contributed by atoms with E-state index < -0.39 is 5.60 Å². The molecule has 0 aromatic carbocycles. The molecular weight excluding hydrogens is 226 g/mol. The zero-order valence-corrected chi connectivity index (χ0v) is 12.9. The predicted molar refractivity (Wildman–Crippen MR) is 77.1 cm³/mol. The fourth-order valence-electron chi connectivity index (χ4n) is 2.15. The number of esters is 1. The number of nitrogens with zero attached hydrogens (tertiary/aromatic N) is 1. The van der Waals surface area contributed by atoms with Crippen LogP contribution in [0, 0.1) is 5.41 Å². The number of carbonyl (C=O) groups is 1. The van der Waals surface area contributed by atoms with E-state index in [1.54, 1.807) is 0 Å². The highest BCUT2D eigenvalue weighted by Gasteiger charge is 2.23. The molecule has 0 bridgehead atoms. The second-order valence-corrected chi connectivity index (χ2v) is 5.64. The minimum absolute atomic E-state index is 0.250. The average molecular weight is 255 g/mol. The van der Waals surface area contributed by atoms with Gasteiger partial charge in [-0.2, -0.15) is 0 Å². The van der Waals surface area contributed by atoms with Crippen LogP contribution in [0.25, 0.3) is 0 Å². The van der Waals surface area contributed by atoms with Gasteiger partial charge >= 0.3 is 5.97 Å². The van der Waals surface area contributed by atoms with Crippen molar-refractivity contribution in [2.24, 2.45) is 10.4 Å². The molecule has 0 aromatic rings. The maximum atomic E-state index is 10.9. The summed E-state index contributed by atoms with van der Waals surface area (Å²) < 4.78 is 5.20. The van der Waals surface area contributed by atoms with E-state index in [1.165, 1.54) is 26.2 Å². The maximum Gasteiger partial charge on any atom is 0.303 e. The SMILES string of the molecule is CCC(CC)(CC)CC=NCC(C)(C)OC(C)=O. The molecule has 3 nitrogen and oxygen atoms in total. The highest BCUT2D eigenvalue weighted by molar-refractivity contribution is 5.66. The van der Waals surface area contributed by atoms with Gasteiger partial charge in [0.2, 0.25) is 0 Å². The lowest BCUT2D eigenvalue weighted by atomic mass is 9.77. The Labute approximate surface area is 112 Å². The summed E-state index contributed by atoms with van der Waals surface area (Å²) in [6, 6.07) is 0. The Morgan fingerprint density at radius 2 is 1.67 bits per heavy atom. The summed E-state index contributed by atoms with van der Waals surface area (Å²) in [5.74, 6) is -0.250. The molecule has 0 fully saturated rings. The molecule has 0 atom stereocenters. The number of rotatable bonds is 8. The number of carbonyl (C=O) groups excluding carboxylic acids is 1. The Hall–Kier alpha value is -0.860. The molecule has 0 radical (unpaired) electrons. The molecule has 0 N–H and O–H groups in total. The van der Waals surface area contributed by atoms with Gasteiger partial charge < -0.3 is 4.74 Å². The van der Waals surface area contributed by atoms with Gasteiger partial charge in [-0.1, -0.05) is 40.0 Å². The zero-order valence-electron chi connectivity index (χ0n) is 12.9. The minimum Gasteiger partial charge on any atom is -0.458 e. The lowest BCUT2D eigenvalue weighted by Gasteiger charge is -2.29. The van der Waals surface area contributed by atoms with E-state index >= 15 is 0 Å². The predicted octanol–water partition coefficient (Wildman–Crippen LogP) is 4.01. The van der Waals surface area contributed by atoms with E-state index in [1.807, 2.05) is 20.1 Å². The highest BCUT2D eigenvalue weighted by Crippen LogP contribution is 2.33. The highest BCUT2D eigenvalue weighted by atomic mass is 16.6. The lowest BCUT2D eigenvalue weighted by molar-refractivity contribution is -0.152. The van der Waals surface area contributed by atoms with E-state index in [-0.39, 0.29) is 5.97 Å². The monoisotopic (exact) mass is 255 g/mol. The molecule has 0 saturated carbocycles. The van der Waals surface area contributed by atoms with Gasteiger partial charge in [0, 0.05) is 6.92 Å². The van der Waals surface area contributed by atoms with Crippen LogP contribution in [-0.4, -0.2) is 24.3 Å². The Morgan fingerprint density at radius 1 is 1.17 bits per heavy atom. The summed E-state index contributed by atoms with van der Waals surface area (Å²) >= 11 is 0. The fraction of sp³-hybridized carbons (Fsp3) is 0.867. The second kappa shape index (κ2) is 7.55. The van der Waals surface area contributed by atoms with Crippen LogP contribution in [0.2, 0.25) is 0 Å². The smallest absolute Gasteiger partial charge is 0.303 e. The lowest BCUT2D eigenvalue weighted by Crippen LogP contribution is -2.30. The zero-order chi connectivity index (χ0) is 14.2. The van der Waals surface area contributed by atoms with Gasteiger partial charge in [0.05, 0.1) is 6.54 Å². The van der Waals surface area contributed by atoms with Crippen molar-refractivity contribution in [2.75, 3.05) is 6.54 Å². The first kappa shape index (κ1) is 17.1. The molecule has 0 spiro atoms. The van der Waals surface area contributed by atoms with Crippen molar-refractivity contribution >= 4 is 12.2 Å². The molecule has 0 aliphatic carbocycles. The molecule has 0 unspecified atom stereocenters. The van der Waals surface area contributed by atoms with Crippen molar-refractivity contribution in [2.45, 2.75) is 72.8 Å². The Balaban J connectivity index is 4.29. The third kappa shape index (κ3) is 6.18. The van der Waals surface area contributed by atoms with Crippen molar-refractivity contribution in [1.29, 1.82) is 0 Å². The first-order valence-electron chi connectivity index (χ1n) is 6.98.